The van der Waals surface area contributed by atoms with Crippen LogP contribution in [0.5, 0.6) is 0 Å². The zero-order valence-electron chi connectivity index (χ0n) is 14.1. The summed E-state index contributed by atoms with van der Waals surface area (Å²) in [6.07, 6.45) is 6.17. The standard InChI is InChI=1S/C17H23N3O3S/c1-13(20-11-5-3-4-6-12-20)17-18-16(19-23-17)14-7-9-15(10-8-14)24(2,21)22/h7-10,13H,3-6,11-12H2,1-2H3. The second-order valence-electron chi connectivity index (χ2n) is 6.38. The Morgan fingerprint density at radius 2 is 1.71 bits per heavy atom. The summed E-state index contributed by atoms with van der Waals surface area (Å²) >= 11 is 0. The van der Waals surface area contributed by atoms with Crippen LogP contribution in [-0.4, -0.2) is 42.8 Å². The molecule has 0 N–H and O–H groups in total. The first kappa shape index (κ1) is 17.1. The first-order valence-electron chi connectivity index (χ1n) is 8.33. The van der Waals surface area contributed by atoms with Crippen molar-refractivity contribution in [3.8, 4) is 11.4 Å². The highest BCUT2D eigenvalue weighted by molar-refractivity contribution is 7.90. The predicted molar refractivity (Wildman–Crippen MR) is 91.3 cm³/mol. The Morgan fingerprint density at radius 3 is 2.29 bits per heavy atom. The van der Waals surface area contributed by atoms with E-state index in [1.165, 1.54) is 31.9 Å². The van der Waals surface area contributed by atoms with Crippen molar-refractivity contribution in [2.24, 2.45) is 0 Å². The van der Waals surface area contributed by atoms with E-state index in [2.05, 4.69) is 22.0 Å². The molecule has 1 aliphatic heterocycles. The number of likely N-dealkylation sites (tertiary alicyclic amines) is 1. The fraction of sp³-hybridized carbons (Fsp3) is 0.529. The van der Waals surface area contributed by atoms with E-state index in [-0.39, 0.29) is 10.9 Å². The van der Waals surface area contributed by atoms with Crippen LogP contribution in [0.4, 0.5) is 0 Å². The van der Waals surface area contributed by atoms with Crippen LogP contribution in [0, 0.1) is 0 Å². The van der Waals surface area contributed by atoms with Crippen LogP contribution in [0.15, 0.2) is 33.7 Å². The van der Waals surface area contributed by atoms with E-state index in [1.54, 1.807) is 24.3 Å². The van der Waals surface area contributed by atoms with Crippen molar-refractivity contribution in [2.45, 2.75) is 43.5 Å². The number of benzene rings is 1. The summed E-state index contributed by atoms with van der Waals surface area (Å²) in [6.45, 7) is 4.21. The third kappa shape index (κ3) is 3.84. The maximum Gasteiger partial charge on any atom is 0.244 e. The molecule has 1 aromatic heterocycles. The molecular formula is C17H23N3O3S. The highest BCUT2D eigenvalue weighted by Gasteiger charge is 2.22. The molecule has 1 unspecified atom stereocenters. The molecule has 0 spiro atoms. The Labute approximate surface area is 142 Å². The summed E-state index contributed by atoms with van der Waals surface area (Å²) < 4.78 is 28.5. The lowest BCUT2D eigenvalue weighted by Gasteiger charge is -2.24. The summed E-state index contributed by atoms with van der Waals surface area (Å²) in [4.78, 5) is 7.18. The lowest BCUT2D eigenvalue weighted by atomic mass is 10.2. The molecule has 3 rings (SSSR count). The van der Waals surface area contributed by atoms with Gasteiger partial charge < -0.3 is 4.52 Å². The SMILES string of the molecule is CC(c1nc(-c2ccc(S(C)(=O)=O)cc2)no1)N1CCCCCC1. The second kappa shape index (κ2) is 7.03. The molecule has 130 valence electrons. The van der Waals surface area contributed by atoms with Crippen LogP contribution in [0.1, 0.15) is 44.5 Å². The summed E-state index contributed by atoms with van der Waals surface area (Å²) in [5.41, 5.74) is 0.750. The molecule has 2 aromatic rings. The van der Waals surface area contributed by atoms with Crippen LogP contribution >= 0.6 is 0 Å². The molecule has 0 saturated carbocycles. The fourth-order valence-corrected chi connectivity index (χ4v) is 3.64. The molecule has 2 heterocycles. The predicted octanol–water partition coefficient (Wildman–Crippen LogP) is 3.08. The molecule has 1 fully saturated rings. The molecule has 1 saturated heterocycles. The lowest BCUT2D eigenvalue weighted by molar-refractivity contribution is 0.179. The first-order chi connectivity index (χ1) is 11.4. The summed E-state index contributed by atoms with van der Waals surface area (Å²) in [5.74, 6) is 1.10. The summed E-state index contributed by atoms with van der Waals surface area (Å²) in [7, 11) is -3.20. The van der Waals surface area contributed by atoms with Crippen LogP contribution in [0.3, 0.4) is 0 Å². The van der Waals surface area contributed by atoms with Gasteiger partial charge in [-0.05, 0) is 57.1 Å². The summed E-state index contributed by atoms with van der Waals surface area (Å²) in [6, 6.07) is 6.65. The van der Waals surface area contributed by atoms with Gasteiger partial charge in [0, 0.05) is 11.8 Å². The fourth-order valence-electron chi connectivity index (χ4n) is 3.01. The molecule has 6 nitrogen and oxygen atoms in total. The van der Waals surface area contributed by atoms with Crippen molar-refractivity contribution >= 4 is 9.84 Å². The number of aromatic nitrogens is 2. The molecular weight excluding hydrogens is 326 g/mol. The number of rotatable bonds is 4. The number of hydrogen-bond acceptors (Lipinski definition) is 6. The first-order valence-corrected chi connectivity index (χ1v) is 10.2. The van der Waals surface area contributed by atoms with Gasteiger partial charge in [-0.1, -0.05) is 18.0 Å². The number of sulfone groups is 1. The van der Waals surface area contributed by atoms with Gasteiger partial charge in [0.05, 0.1) is 10.9 Å². The monoisotopic (exact) mass is 349 g/mol. The van der Waals surface area contributed by atoms with Crippen LogP contribution in [-0.2, 0) is 9.84 Å². The third-order valence-corrected chi connectivity index (χ3v) is 5.66. The molecule has 0 aliphatic carbocycles. The van der Waals surface area contributed by atoms with Gasteiger partial charge in [0.1, 0.15) is 0 Å². The van der Waals surface area contributed by atoms with Gasteiger partial charge in [-0.15, -0.1) is 0 Å². The zero-order valence-corrected chi connectivity index (χ0v) is 14.9. The normalized spacial score (nSPS) is 18.2. The van der Waals surface area contributed by atoms with Gasteiger partial charge in [-0.25, -0.2) is 8.42 Å². The van der Waals surface area contributed by atoms with E-state index in [0.29, 0.717) is 11.7 Å². The van der Waals surface area contributed by atoms with Crippen molar-refractivity contribution in [1.29, 1.82) is 0 Å². The van der Waals surface area contributed by atoms with Gasteiger partial charge in [0.2, 0.25) is 11.7 Å². The highest BCUT2D eigenvalue weighted by Crippen LogP contribution is 2.25. The van der Waals surface area contributed by atoms with Crippen LogP contribution in [0.25, 0.3) is 11.4 Å². The van der Waals surface area contributed by atoms with Crippen LogP contribution in [0.2, 0.25) is 0 Å². The van der Waals surface area contributed by atoms with E-state index in [4.69, 9.17) is 4.52 Å². The van der Waals surface area contributed by atoms with E-state index in [0.717, 1.165) is 18.7 Å². The van der Waals surface area contributed by atoms with Gasteiger partial charge in [0.25, 0.3) is 0 Å². The lowest BCUT2D eigenvalue weighted by Crippen LogP contribution is -2.28. The maximum atomic E-state index is 11.5. The topological polar surface area (TPSA) is 76.3 Å². The van der Waals surface area contributed by atoms with Crippen molar-refractivity contribution < 1.29 is 12.9 Å². The van der Waals surface area contributed by atoms with Crippen molar-refractivity contribution in [2.75, 3.05) is 19.3 Å². The van der Waals surface area contributed by atoms with E-state index >= 15 is 0 Å². The van der Waals surface area contributed by atoms with Crippen molar-refractivity contribution in [1.82, 2.24) is 15.0 Å². The van der Waals surface area contributed by atoms with Gasteiger partial charge in [-0.3, -0.25) is 4.90 Å². The Kier molecular flexibility index (Phi) is 5.01. The Morgan fingerprint density at radius 1 is 1.08 bits per heavy atom. The average molecular weight is 349 g/mol. The minimum absolute atomic E-state index is 0.0969. The van der Waals surface area contributed by atoms with Gasteiger partial charge >= 0.3 is 0 Å². The van der Waals surface area contributed by atoms with Crippen molar-refractivity contribution in [3.63, 3.8) is 0 Å². The summed E-state index contributed by atoms with van der Waals surface area (Å²) in [5, 5.41) is 4.06. The van der Waals surface area contributed by atoms with Crippen LogP contribution < -0.4 is 0 Å². The smallest absolute Gasteiger partial charge is 0.244 e. The van der Waals surface area contributed by atoms with E-state index < -0.39 is 9.84 Å². The third-order valence-electron chi connectivity index (χ3n) is 4.53. The maximum absolute atomic E-state index is 11.5. The molecule has 0 bridgehead atoms. The van der Waals surface area contributed by atoms with E-state index in [1.807, 2.05) is 0 Å². The molecule has 0 radical (unpaired) electrons. The van der Waals surface area contributed by atoms with E-state index in [9.17, 15) is 8.42 Å². The largest absolute Gasteiger partial charge is 0.337 e. The Hall–Kier alpha value is -1.73. The highest BCUT2D eigenvalue weighted by atomic mass is 32.2. The van der Waals surface area contributed by atoms with Gasteiger partial charge in [0.15, 0.2) is 9.84 Å². The van der Waals surface area contributed by atoms with Gasteiger partial charge in [-0.2, -0.15) is 4.98 Å². The quantitative estimate of drug-likeness (QED) is 0.844. The minimum atomic E-state index is -3.20. The minimum Gasteiger partial charge on any atom is -0.337 e. The Balaban J connectivity index is 1.77. The molecule has 24 heavy (non-hydrogen) atoms. The number of hydrogen-bond donors (Lipinski definition) is 0. The number of nitrogens with zero attached hydrogens (tertiary/aromatic N) is 3. The second-order valence-corrected chi connectivity index (χ2v) is 8.39. The molecule has 1 aliphatic rings. The average Bonchev–Trinajstić information content (AvgIpc) is 2.89. The molecule has 0 amide bonds. The zero-order chi connectivity index (χ0) is 17.2. The molecule has 1 aromatic carbocycles. The molecule has 7 heteroatoms. The van der Waals surface area contributed by atoms with Crippen molar-refractivity contribution in [3.05, 3.63) is 30.2 Å². The molecule has 1 atom stereocenters. The Bertz CT molecular complexity index is 776.